The van der Waals surface area contributed by atoms with Crippen LogP contribution in [0.5, 0.6) is 0 Å². The lowest BCUT2D eigenvalue weighted by atomic mass is 9.83. The van der Waals surface area contributed by atoms with Crippen LogP contribution in [0.1, 0.15) is 59.8 Å². The summed E-state index contributed by atoms with van der Waals surface area (Å²) >= 11 is 0. The van der Waals surface area contributed by atoms with E-state index in [1.807, 2.05) is 0 Å². The number of piperazine rings is 1. The Bertz CT molecular complexity index is 349. The standard InChI is InChI=1S/C18H35N3/c1-5-14-12-19-17(18(2,3)4)13-21(14)16-8-10-20-9-6-7-15(20)11-16/h14-17,19H,5-13H2,1-4H3. The molecule has 0 aromatic rings. The topological polar surface area (TPSA) is 18.5 Å². The smallest absolute Gasteiger partial charge is 0.0244 e. The van der Waals surface area contributed by atoms with Crippen LogP contribution in [0.15, 0.2) is 0 Å². The molecule has 0 aliphatic carbocycles. The largest absolute Gasteiger partial charge is 0.311 e. The van der Waals surface area contributed by atoms with Crippen LogP contribution in [0.4, 0.5) is 0 Å². The van der Waals surface area contributed by atoms with E-state index < -0.39 is 0 Å². The van der Waals surface area contributed by atoms with E-state index in [9.17, 15) is 0 Å². The molecule has 0 saturated carbocycles. The summed E-state index contributed by atoms with van der Waals surface area (Å²) in [6.45, 7) is 14.7. The lowest BCUT2D eigenvalue weighted by molar-refractivity contribution is 0.0113. The van der Waals surface area contributed by atoms with E-state index in [0.29, 0.717) is 11.5 Å². The van der Waals surface area contributed by atoms with E-state index >= 15 is 0 Å². The average Bonchev–Trinajstić information content (AvgIpc) is 2.93. The van der Waals surface area contributed by atoms with E-state index in [0.717, 1.165) is 18.1 Å². The highest BCUT2D eigenvalue weighted by Gasteiger charge is 2.40. The van der Waals surface area contributed by atoms with Crippen molar-refractivity contribution in [1.82, 2.24) is 15.1 Å². The summed E-state index contributed by atoms with van der Waals surface area (Å²) in [5.41, 5.74) is 0.366. The Balaban J connectivity index is 1.68. The minimum Gasteiger partial charge on any atom is -0.311 e. The quantitative estimate of drug-likeness (QED) is 0.844. The van der Waals surface area contributed by atoms with Crippen molar-refractivity contribution < 1.29 is 0 Å². The first kappa shape index (κ1) is 15.8. The molecule has 0 aromatic carbocycles. The predicted octanol–water partition coefficient (Wildman–Crippen LogP) is 2.71. The highest BCUT2D eigenvalue weighted by Crippen LogP contribution is 2.33. The minimum absolute atomic E-state index is 0.366. The second-order valence-electron chi connectivity index (χ2n) is 8.60. The van der Waals surface area contributed by atoms with Crippen molar-refractivity contribution in [3.8, 4) is 0 Å². The molecule has 4 unspecified atom stereocenters. The summed E-state index contributed by atoms with van der Waals surface area (Å²) in [6.07, 6.45) is 6.98. The number of rotatable bonds is 2. The molecule has 122 valence electrons. The van der Waals surface area contributed by atoms with Crippen LogP contribution in [0.25, 0.3) is 0 Å². The van der Waals surface area contributed by atoms with Gasteiger partial charge in [-0.3, -0.25) is 4.90 Å². The highest BCUT2D eigenvalue weighted by atomic mass is 15.3. The van der Waals surface area contributed by atoms with Gasteiger partial charge in [0.1, 0.15) is 0 Å². The van der Waals surface area contributed by atoms with Crippen molar-refractivity contribution in [1.29, 1.82) is 0 Å². The summed E-state index contributed by atoms with van der Waals surface area (Å²) in [7, 11) is 0. The lowest BCUT2D eigenvalue weighted by Gasteiger charge is -2.50. The molecular formula is C18H35N3. The number of hydrogen-bond donors (Lipinski definition) is 1. The van der Waals surface area contributed by atoms with Crippen LogP contribution >= 0.6 is 0 Å². The summed E-state index contributed by atoms with van der Waals surface area (Å²) in [5.74, 6) is 0. The number of nitrogens with one attached hydrogen (secondary N) is 1. The molecule has 0 spiro atoms. The summed E-state index contributed by atoms with van der Waals surface area (Å²) in [6, 6.07) is 3.12. The summed E-state index contributed by atoms with van der Waals surface area (Å²) in [4.78, 5) is 5.64. The number of fused-ring (bicyclic) bond motifs is 1. The number of piperidine rings is 1. The molecule has 3 aliphatic rings. The van der Waals surface area contributed by atoms with Crippen molar-refractivity contribution in [3.05, 3.63) is 0 Å². The van der Waals surface area contributed by atoms with Crippen molar-refractivity contribution in [3.63, 3.8) is 0 Å². The Hall–Kier alpha value is -0.120. The second kappa shape index (κ2) is 6.17. The Morgan fingerprint density at radius 2 is 1.90 bits per heavy atom. The van der Waals surface area contributed by atoms with Crippen molar-refractivity contribution in [2.75, 3.05) is 26.2 Å². The minimum atomic E-state index is 0.366. The van der Waals surface area contributed by atoms with Gasteiger partial charge in [0, 0.05) is 37.3 Å². The van der Waals surface area contributed by atoms with Crippen molar-refractivity contribution in [2.24, 2.45) is 5.41 Å². The van der Waals surface area contributed by atoms with Gasteiger partial charge in [-0.2, -0.15) is 0 Å². The van der Waals surface area contributed by atoms with Crippen LogP contribution in [-0.4, -0.2) is 60.1 Å². The molecule has 4 atom stereocenters. The monoisotopic (exact) mass is 293 g/mol. The highest BCUT2D eigenvalue weighted by molar-refractivity contribution is 4.97. The fourth-order valence-electron chi connectivity index (χ4n) is 4.73. The zero-order valence-corrected chi connectivity index (χ0v) is 14.6. The normalized spacial score (nSPS) is 39.4. The molecule has 3 fully saturated rings. The maximum Gasteiger partial charge on any atom is 0.0244 e. The van der Waals surface area contributed by atoms with Gasteiger partial charge in [0.2, 0.25) is 0 Å². The molecule has 0 bridgehead atoms. The van der Waals surface area contributed by atoms with Gasteiger partial charge in [-0.05, 0) is 50.6 Å². The number of hydrogen-bond acceptors (Lipinski definition) is 3. The first-order valence-corrected chi connectivity index (χ1v) is 9.22. The molecule has 0 aromatic heterocycles. The first-order valence-electron chi connectivity index (χ1n) is 9.22. The molecule has 3 saturated heterocycles. The Morgan fingerprint density at radius 1 is 1.10 bits per heavy atom. The molecule has 3 heteroatoms. The lowest BCUT2D eigenvalue weighted by Crippen LogP contribution is -2.64. The van der Waals surface area contributed by atoms with Crippen molar-refractivity contribution >= 4 is 0 Å². The number of nitrogens with zero attached hydrogens (tertiary/aromatic N) is 2. The van der Waals surface area contributed by atoms with Crippen LogP contribution < -0.4 is 5.32 Å². The third-order valence-electron chi connectivity index (χ3n) is 6.24. The molecule has 3 heterocycles. The third-order valence-corrected chi connectivity index (χ3v) is 6.24. The van der Waals surface area contributed by atoms with E-state index in [2.05, 4.69) is 42.8 Å². The van der Waals surface area contributed by atoms with Crippen LogP contribution in [0, 0.1) is 5.41 Å². The Labute approximate surface area is 131 Å². The van der Waals surface area contributed by atoms with Gasteiger partial charge in [-0.1, -0.05) is 27.7 Å². The van der Waals surface area contributed by atoms with Crippen LogP contribution in [-0.2, 0) is 0 Å². The van der Waals surface area contributed by atoms with E-state index in [4.69, 9.17) is 0 Å². The fraction of sp³-hybridized carbons (Fsp3) is 1.00. The molecule has 21 heavy (non-hydrogen) atoms. The maximum atomic E-state index is 3.82. The predicted molar refractivity (Wildman–Crippen MR) is 89.6 cm³/mol. The SMILES string of the molecule is CCC1CNC(C(C)(C)C)CN1C1CCN2CCCC2C1. The second-order valence-corrected chi connectivity index (χ2v) is 8.60. The summed E-state index contributed by atoms with van der Waals surface area (Å²) < 4.78 is 0. The van der Waals surface area contributed by atoms with Gasteiger partial charge < -0.3 is 10.2 Å². The fourth-order valence-corrected chi connectivity index (χ4v) is 4.73. The van der Waals surface area contributed by atoms with Crippen LogP contribution in [0.3, 0.4) is 0 Å². The zero-order valence-electron chi connectivity index (χ0n) is 14.6. The van der Waals surface area contributed by atoms with Gasteiger partial charge in [0.05, 0.1) is 0 Å². The Kier molecular flexibility index (Phi) is 4.63. The average molecular weight is 293 g/mol. The molecule has 3 aliphatic heterocycles. The van der Waals surface area contributed by atoms with Gasteiger partial charge in [-0.15, -0.1) is 0 Å². The first-order chi connectivity index (χ1) is 9.99. The molecule has 3 rings (SSSR count). The molecule has 0 radical (unpaired) electrons. The molecule has 0 amide bonds. The van der Waals surface area contributed by atoms with E-state index in [1.165, 1.54) is 58.3 Å². The van der Waals surface area contributed by atoms with Gasteiger partial charge in [0.15, 0.2) is 0 Å². The van der Waals surface area contributed by atoms with E-state index in [1.54, 1.807) is 0 Å². The third kappa shape index (κ3) is 3.30. The zero-order chi connectivity index (χ0) is 15.0. The van der Waals surface area contributed by atoms with Crippen molar-refractivity contribution in [2.45, 2.75) is 84.0 Å². The molecular weight excluding hydrogens is 258 g/mol. The van der Waals surface area contributed by atoms with Gasteiger partial charge in [0.25, 0.3) is 0 Å². The molecule has 3 nitrogen and oxygen atoms in total. The van der Waals surface area contributed by atoms with Gasteiger partial charge >= 0.3 is 0 Å². The Morgan fingerprint density at radius 3 is 2.62 bits per heavy atom. The van der Waals surface area contributed by atoms with Gasteiger partial charge in [-0.25, -0.2) is 0 Å². The summed E-state index contributed by atoms with van der Waals surface area (Å²) in [5, 5.41) is 3.82. The maximum absolute atomic E-state index is 3.82. The molecule has 1 N–H and O–H groups in total. The van der Waals surface area contributed by atoms with Crippen LogP contribution in [0.2, 0.25) is 0 Å². The van der Waals surface area contributed by atoms with E-state index in [-0.39, 0.29) is 0 Å².